The Balaban J connectivity index is 1.86. The maximum Gasteiger partial charge on any atom is 0.257 e. The molecule has 4 nitrogen and oxygen atoms in total. The molecule has 2 aromatic carbocycles. The Hall–Kier alpha value is -2.11. The smallest absolute Gasteiger partial charge is 0.257 e. The highest BCUT2D eigenvalue weighted by Crippen LogP contribution is 2.15. The first-order valence-electron chi connectivity index (χ1n) is 8.09. The van der Waals surface area contributed by atoms with Crippen molar-refractivity contribution in [3.8, 4) is 5.75 Å². The highest BCUT2D eigenvalue weighted by molar-refractivity contribution is 7.80. The Labute approximate surface area is 158 Å². The van der Waals surface area contributed by atoms with Gasteiger partial charge in [-0.2, -0.15) is 0 Å². The summed E-state index contributed by atoms with van der Waals surface area (Å²) in [5.74, 6) is 0.470. The van der Waals surface area contributed by atoms with Gasteiger partial charge in [-0.3, -0.25) is 10.1 Å². The summed E-state index contributed by atoms with van der Waals surface area (Å²) in [6.45, 7) is 4.51. The van der Waals surface area contributed by atoms with Gasteiger partial charge >= 0.3 is 0 Å². The van der Waals surface area contributed by atoms with Crippen LogP contribution in [0.25, 0.3) is 0 Å². The van der Waals surface area contributed by atoms with Gasteiger partial charge in [-0.25, -0.2) is 0 Å². The molecular formula is C19H21ClN2O2S. The zero-order valence-electron chi connectivity index (χ0n) is 14.2. The number of carbonyl (C=O) groups excluding carboxylic acids is 1. The van der Waals surface area contributed by atoms with E-state index < -0.39 is 0 Å². The predicted octanol–water partition coefficient (Wildman–Crippen LogP) is 4.32. The van der Waals surface area contributed by atoms with E-state index in [0.29, 0.717) is 17.1 Å². The first-order chi connectivity index (χ1) is 12.0. The lowest BCUT2D eigenvalue weighted by atomic mass is 10.2. The molecule has 2 rings (SSSR count). The Morgan fingerprint density at radius 3 is 2.52 bits per heavy atom. The molecule has 0 radical (unpaired) electrons. The maximum atomic E-state index is 12.2. The third kappa shape index (κ3) is 6.03. The number of halogens is 1. The second-order valence-corrected chi connectivity index (χ2v) is 6.40. The number of nitrogens with one attached hydrogen (secondary N) is 2. The van der Waals surface area contributed by atoms with E-state index in [2.05, 4.69) is 17.6 Å². The van der Waals surface area contributed by atoms with Crippen LogP contribution in [0.2, 0.25) is 5.02 Å². The number of benzene rings is 2. The third-order valence-electron chi connectivity index (χ3n) is 3.65. The van der Waals surface area contributed by atoms with E-state index in [1.165, 1.54) is 0 Å². The summed E-state index contributed by atoms with van der Waals surface area (Å²) in [5.41, 5.74) is 1.42. The van der Waals surface area contributed by atoms with Gasteiger partial charge in [-0.1, -0.05) is 36.7 Å². The molecule has 2 N–H and O–H groups in total. The highest BCUT2D eigenvalue weighted by atomic mass is 35.5. The summed E-state index contributed by atoms with van der Waals surface area (Å²) in [7, 11) is 0. The van der Waals surface area contributed by atoms with Crippen molar-refractivity contribution in [2.24, 2.45) is 0 Å². The standard InChI is InChI=1S/C19H21ClN2O2S/c1-3-13(2)24-16-10-8-14(9-11-16)18(23)22-19(25)21-12-15-6-4-5-7-17(15)20/h4-11,13H,3,12H2,1-2H3,(H2,21,22,23,25). The lowest BCUT2D eigenvalue weighted by Crippen LogP contribution is -2.38. The normalized spacial score (nSPS) is 11.5. The van der Waals surface area contributed by atoms with Crippen LogP contribution in [0.4, 0.5) is 0 Å². The molecule has 6 heteroatoms. The SMILES string of the molecule is CCC(C)Oc1ccc(C(=O)NC(=S)NCc2ccccc2Cl)cc1. The quantitative estimate of drug-likeness (QED) is 0.737. The molecule has 0 aliphatic rings. The summed E-state index contributed by atoms with van der Waals surface area (Å²) >= 11 is 11.2. The number of thiocarbonyl (C=S) groups is 1. The molecule has 0 saturated carbocycles. The van der Waals surface area contributed by atoms with E-state index in [1.54, 1.807) is 24.3 Å². The number of hydrogen-bond donors (Lipinski definition) is 2. The van der Waals surface area contributed by atoms with Crippen molar-refractivity contribution in [3.63, 3.8) is 0 Å². The van der Waals surface area contributed by atoms with Gasteiger partial charge in [0.05, 0.1) is 6.10 Å². The number of ether oxygens (including phenoxy) is 1. The van der Waals surface area contributed by atoms with Gasteiger partial charge in [-0.15, -0.1) is 0 Å². The molecule has 1 amide bonds. The van der Waals surface area contributed by atoms with Gasteiger partial charge in [0.25, 0.3) is 5.91 Å². The van der Waals surface area contributed by atoms with Crippen LogP contribution >= 0.6 is 23.8 Å². The van der Waals surface area contributed by atoms with Crippen LogP contribution in [-0.4, -0.2) is 17.1 Å². The van der Waals surface area contributed by atoms with Crippen LogP contribution in [0.15, 0.2) is 48.5 Å². The molecule has 1 unspecified atom stereocenters. The molecule has 1 atom stereocenters. The number of carbonyl (C=O) groups is 1. The van der Waals surface area contributed by atoms with Gasteiger partial charge in [0.2, 0.25) is 0 Å². The van der Waals surface area contributed by atoms with Gasteiger partial charge in [0, 0.05) is 17.1 Å². The lowest BCUT2D eigenvalue weighted by Gasteiger charge is -2.13. The van der Waals surface area contributed by atoms with E-state index in [4.69, 9.17) is 28.6 Å². The molecule has 0 heterocycles. The molecule has 2 aromatic rings. The number of hydrogen-bond acceptors (Lipinski definition) is 3. The molecule has 132 valence electrons. The first-order valence-corrected chi connectivity index (χ1v) is 8.87. The predicted molar refractivity (Wildman–Crippen MR) is 105 cm³/mol. The minimum atomic E-state index is -0.272. The molecule has 0 saturated heterocycles. The second-order valence-electron chi connectivity index (χ2n) is 5.59. The lowest BCUT2D eigenvalue weighted by molar-refractivity contribution is 0.0976. The zero-order chi connectivity index (χ0) is 18.2. The van der Waals surface area contributed by atoms with E-state index in [1.807, 2.05) is 31.2 Å². The molecule has 0 aliphatic carbocycles. The van der Waals surface area contributed by atoms with Crippen molar-refractivity contribution < 1.29 is 9.53 Å². The van der Waals surface area contributed by atoms with Crippen molar-refractivity contribution in [3.05, 3.63) is 64.7 Å². The van der Waals surface area contributed by atoms with E-state index in [0.717, 1.165) is 17.7 Å². The molecule has 0 spiro atoms. The Bertz CT molecular complexity index is 734. The van der Waals surface area contributed by atoms with Gasteiger partial charge in [0.15, 0.2) is 5.11 Å². The zero-order valence-corrected chi connectivity index (χ0v) is 15.8. The molecule has 0 aliphatic heterocycles. The molecule has 0 bridgehead atoms. The van der Waals surface area contributed by atoms with Crippen LogP contribution in [0.3, 0.4) is 0 Å². The molecule has 25 heavy (non-hydrogen) atoms. The number of rotatable bonds is 6. The first kappa shape index (κ1) is 19.2. The Morgan fingerprint density at radius 2 is 1.88 bits per heavy atom. The fourth-order valence-electron chi connectivity index (χ4n) is 2.04. The van der Waals surface area contributed by atoms with Crippen LogP contribution in [0.5, 0.6) is 5.75 Å². The summed E-state index contributed by atoms with van der Waals surface area (Å²) in [6.07, 6.45) is 1.06. The minimum Gasteiger partial charge on any atom is -0.491 e. The third-order valence-corrected chi connectivity index (χ3v) is 4.27. The van der Waals surface area contributed by atoms with Crippen LogP contribution in [0, 0.1) is 0 Å². The van der Waals surface area contributed by atoms with Gasteiger partial charge in [-0.05, 0) is 61.5 Å². The van der Waals surface area contributed by atoms with Crippen molar-refractivity contribution >= 4 is 34.8 Å². The molecule has 0 aromatic heterocycles. The Morgan fingerprint density at radius 1 is 1.20 bits per heavy atom. The largest absolute Gasteiger partial charge is 0.491 e. The van der Waals surface area contributed by atoms with Gasteiger partial charge in [0.1, 0.15) is 5.75 Å². The van der Waals surface area contributed by atoms with Crippen molar-refractivity contribution in [2.45, 2.75) is 32.9 Å². The van der Waals surface area contributed by atoms with E-state index >= 15 is 0 Å². The van der Waals surface area contributed by atoms with Crippen LogP contribution < -0.4 is 15.4 Å². The number of amides is 1. The molecular weight excluding hydrogens is 356 g/mol. The van der Waals surface area contributed by atoms with Crippen molar-refractivity contribution in [2.75, 3.05) is 0 Å². The average molecular weight is 377 g/mol. The molecule has 0 fully saturated rings. The monoisotopic (exact) mass is 376 g/mol. The summed E-state index contributed by atoms with van der Waals surface area (Å²) in [6, 6.07) is 14.4. The van der Waals surface area contributed by atoms with E-state index in [9.17, 15) is 4.79 Å². The van der Waals surface area contributed by atoms with Crippen molar-refractivity contribution in [1.82, 2.24) is 10.6 Å². The summed E-state index contributed by atoms with van der Waals surface area (Å²) in [5, 5.41) is 6.54. The van der Waals surface area contributed by atoms with E-state index in [-0.39, 0.29) is 17.1 Å². The van der Waals surface area contributed by atoms with Crippen molar-refractivity contribution in [1.29, 1.82) is 0 Å². The second kappa shape index (κ2) is 9.39. The average Bonchev–Trinajstić information content (AvgIpc) is 2.61. The summed E-state index contributed by atoms with van der Waals surface area (Å²) < 4.78 is 5.70. The highest BCUT2D eigenvalue weighted by Gasteiger charge is 2.09. The van der Waals surface area contributed by atoms with Gasteiger partial charge < -0.3 is 10.1 Å². The Kier molecular flexibility index (Phi) is 7.22. The fourth-order valence-corrected chi connectivity index (χ4v) is 2.40. The fraction of sp³-hybridized carbons (Fsp3) is 0.263. The maximum absolute atomic E-state index is 12.2. The summed E-state index contributed by atoms with van der Waals surface area (Å²) in [4.78, 5) is 12.2. The topological polar surface area (TPSA) is 50.4 Å². The van der Waals surface area contributed by atoms with Crippen LogP contribution in [-0.2, 0) is 6.54 Å². The van der Waals surface area contributed by atoms with Crippen LogP contribution in [0.1, 0.15) is 36.2 Å². The minimum absolute atomic E-state index is 0.140.